The maximum Gasteiger partial charge on any atom is 0.318 e. The van der Waals surface area contributed by atoms with Gasteiger partial charge >= 0.3 is 6.01 Å². The molecule has 37 heavy (non-hydrogen) atoms. The summed E-state index contributed by atoms with van der Waals surface area (Å²) in [7, 11) is 0. The number of aromatic nitrogens is 6. The van der Waals surface area contributed by atoms with Crippen LogP contribution >= 0.6 is 0 Å². The van der Waals surface area contributed by atoms with E-state index in [1.54, 1.807) is 6.20 Å². The van der Waals surface area contributed by atoms with Gasteiger partial charge in [-0.2, -0.15) is 15.2 Å². The molecule has 0 radical (unpaired) electrons. The Labute approximate surface area is 214 Å². The zero-order valence-electron chi connectivity index (χ0n) is 20.9. The Balaban J connectivity index is 1.45. The number of aryl methyl sites for hydroxylation is 1. The van der Waals surface area contributed by atoms with Gasteiger partial charge in [0.15, 0.2) is 5.65 Å². The van der Waals surface area contributed by atoms with Crippen LogP contribution in [0.5, 0.6) is 6.01 Å². The summed E-state index contributed by atoms with van der Waals surface area (Å²) < 4.78 is 21.5. The van der Waals surface area contributed by atoms with Crippen LogP contribution in [0.3, 0.4) is 0 Å². The van der Waals surface area contributed by atoms with Crippen LogP contribution in [0.15, 0.2) is 30.6 Å². The van der Waals surface area contributed by atoms with Crippen LogP contribution in [-0.2, 0) is 6.54 Å². The summed E-state index contributed by atoms with van der Waals surface area (Å²) in [6.07, 6.45) is 5.08. The highest BCUT2D eigenvalue weighted by atomic mass is 19.1. The van der Waals surface area contributed by atoms with E-state index < -0.39 is 5.82 Å². The van der Waals surface area contributed by atoms with E-state index in [0.717, 1.165) is 37.1 Å². The van der Waals surface area contributed by atoms with Crippen LogP contribution < -0.4 is 4.74 Å². The van der Waals surface area contributed by atoms with Crippen molar-refractivity contribution in [3.05, 3.63) is 59.1 Å². The third kappa shape index (κ3) is 4.29. The van der Waals surface area contributed by atoms with Gasteiger partial charge in [0, 0.05) is 35.5 Å². The Morgan fingerprint density at radius 2 is 1.97 bits per heavy atom. The fourth-order valence-corrected chi connectivity index (χ4v) is 5.61. The summed E-state index contributed by atoms with van der Waals surface area (Å²) in [4.78, 5) is 25.1. The molecule has 4 aromatic heterocycles. The number of fused-ring (bicyclic) bond motifs is 4. The summed E-state index contributed by atoms with van der Waals surface area (Å²) in [6, 6.07) is 7.97. The van der Waals surface area contributed by atoms with E-state index in [1.807, 2.05) is 24.5 Å². The van der Waals surface area contributed by atoms with Gasteiger partial charge < -0.3 is 14.2 Å². The lowest BCUT2D eigenvalue weighted by atomic mass is 9.77. The van der Waals surface area contributed by atoms with Crippen molar-refractivity contribution in [2.24, 2.45) is 5.92 Å². The van der Waals surface area contributed by atoms with Gasteiger partial charge in [0.25, 0.3) is 0 Å². The molecule has 9 nitrogen and oxygen atoms in total. The quantitative estimate of drug-likeness (QED) is 0.395. The van der Waals surface area contributed by atoms with E-state index in [2.05, 4.69) is 32.0 Å². The summed E-state index contributed by atoms with van der Waals surface area (Å²) in [5, 5.41) is 10.0. The zero-order valence-corrected chi connectivity index (χ0v) is 20.9. The smallest absolute Gasteiger partial charge is 0.318 e. The molecule has 4 aromatic rings. The number of halogens is 1. The number of pyridine rings is 2. The minimum absolute atomic E-state index is 0.244. The highest BCUT2D eigenvalue weighted by Gasteiger charge is 2.36. The Bertz CT molecular complexity index is 1520. The van der Waals surface area contributed by atoms with Crippen LogP contribution in [0.2, 0.25) is 0 Å². The first kappa shape index (κ1) is 23.4. The summed E-state index contributed by atoms with van der Waals surface area (Å²) >= 11 is 0. The lowest BCUT2D eigenvalue weighted by molar-refractivity contribution is 0.0854. The van der Waals surface area contributed by atoms with E-state index in [-0.39, 0.29) is 12.6 Å². The molecular formula is C27H27FN8O. The van der Waals surface area contributed by atoms with Crippen LogP contribution in [0.25, 0.3) is 22.6 Å². The van der Waals surface area contributed by atoms with Crippen molar-refractivity contribution < 1.29 is 9.13 Å². The highest BCUT2D eigenvalue weighted by Crippen LogP contribution is 2.38. The molecule has 7 rings (SSSR count). The zero-order chi connectivity index (χ0) is 25.5. The Kier molecular flexibility index (Phi) is 6.00. The van der Waals surface area contributed by atoms with E-state index in [0.29, 0.717) is 52.4 Å². The number of rotatable bonds is 6. The fraction of sp³-hybridized carbons (Fsp3) is 0.407. The predicted octanol–water partition coefficient (Wildman–Crippen LogP) is 3.86. The third-order valence-corrected chi connectivity index (χ3v) is 7.46. The number of hydrogen-bond acceptors (Lipinski definition) is 8. The minimum Gasteiger partial charge on any atom is -0.464 e. The van der Waals surface area contributed by atoms with Gasteiger partial charge in [-0.3, -0.25) is 4.98 Å². The van der Waals surface area contributed by atoms with Gasteiger partial charge in [-0.1, -0.05) is 6.07 Å². The Morgan fingerprint density at radius 1 is 1.14 bits per heavy atom. The topological polar surface area (TPSA) is 106 Å². The molecule has 0 aliphatic carbocycles. The summed E-state index contributed by atoms with van der Waals surface area (Å²) in [6.45, 7) is 7.71. The molecule has 10 heteroatoms. The summed E-state index contributed by atoms with van der Waals surface area (Å²) in [5.74, 6) is 1.00. The van der Waals surface area contributed by atoms with Gasteiger partial charge in [0.1, 0.15) is 28.9 Å². The summed E-state index contributed by atoms with van der Waals surface area (Å²) in [5.41, 5.74) is 4.39. The molecule has 1 atom stereocenters. The average Bonchev–Trinajstić information content (AvgIpc) is 3.28. The standard InChI is InChI=1S/C27H27FN8O/c1-3-37-27-31-16(2)24-26(34-27)36(25(33-24)19-10-20(28)13-30-12-19)14-18-4-5-22(32-23(18)11-29)21-15-35-8-6-17(21)7-9-35/h4-5,10,12-13,17,21H,3,6-9,14-15H2,1-2H3. The fourth-order valence-electron chi connectivity index (χ4n) is 5.61. The van der Waals surface area contributed by atoms with Crippen molar-refractivity contribution in [1.82, 2.24) is 34.4 Å². The largest absolute Gasteiger partial charge is 0.464 e. The second-order valence-corrected chi connectivity index (χ2v) is 9.71. The van der Waals surface area contributed by atoms with Crippen molar-refractivity contribution in [2.75, 3.05) is 26.2 Å². The highest BCUT2D eigenvalue weighted by molar-refractivity contribution is 5.79. The van der Waals surface area contributed by atoms with Crippen molar-refractivity contribution in [3.63, 3.8) is 0 Å². The normalized spacial score (nSPS) is 20.8. The second-order valence-electron chi connectivity index (χ2n) is 9.71. The molecule has 0 spiro atoms. The van der Waals surface area contributed by atoms with E-state index >= 15 is 0 Å². The van der Waals surface area contributed by atoms with Crippen LogP contribution in [0.4, 0.5) is 4.39 Å². The molecule has 1 unspecified atom stereocenters. The molecule has 3 saturated heterocycles. The Morgan fingerprint density at radius 3 is 2.68 bits per heavy atom. The number of hydrogen-bond donors (Lipinski definition) is 0. The van der Waals surface area contributed by atoms with Gasteiger partial charge in [-0.05, 0) is 57.8 Å². The monoisotopic (exact) mass is 498 g/mol. The van der Waals surface area contributed by atoms with E-state index in [9.17, 15) is 9.65 Å². The maximum atomic E-state index is 14.1. The van der Waals surface area contributed by atoms with Gasteiger partial charge in [-0.15, -0.1) is 0 Å². The number of imidazole rings is 1. The third-order valence-electron chi connectivity index (χ3n) is 7.46. The molecule has 188 valence electrons. The van der Waals surface area contributed by atoms with E-state index in [4.69, 9.17) is 14.7 Å². The molecule has 0 N–H and O–H groups in total. The number of nitriles is 1. The van der Waals surface area contributed by atoms with Crippen molar-refractivity contribution in [1.29, 1.82) is 5.26 Å². The molecule has 3 aliphatic heterocycles. The van der Waals surface area contributed by atoms with Crippen LogP contribution in [0.1, 0.15) is 48.3 Å². The molecule has 7 heterocycles. The molecule has 0 saturated carbocycles. The van der Waals surface area contributed by atoms with Crippen molar-refractivity contribution in [3.8, 4) is 23.5 Å². The Hall–Kier alpha value is -3.97. The van der Waals surface area contributed by atoms with Gasteiger partial charge in [-0.25, -0.2) is 14.4 Å². The van der Waals surface area contributed by atoms with Gasteiger partial charge in [0.05, 0.1) is 25.0 Å². The molecule has 3 aliphatic rings. The number of nitrogens with zero attached hydrogens (tertiary/aromatic N) is 8. The predicted molar refractivity (Wildman–Crippen MR) is 134 cm³/mol. The van der Waals surface area contributed by atoms with Crippen molar-refractivity contribution >= 4 is 11.2 Å². The van der Waals surface area contributed by atoms with E-state index in [1.165, 1.54) is 18.9 Å². The first-order chi connectivity index (χ1) is 18.0. The van der Waals surface area contributed by atoms with Crippen LogP contribution in [-0.4, -0.2) is 60.6 Å². The lowest BCUT2D eigenvalue weighted by Gasteiger charge is -2.44. The molecule has 2 bridgehead atoms. The molecular weight excluding hydrogens is 471 g/mol. The van der Waals surface area contributed by atoms with Crippen molar-refractivity contribution in [2.45, 2.75) is 39.2 Å². The molecule has 3 fully saturated rings. The average molecular weight is 499 g/mol. The first-order valence-electron chi connectivity index (χ1n) is 12.6. The van der Waals surface area contributed by atoms with Gasteiger partial charge in [0.2, 0.25) is 0 Å². The maximum absolute atomic E-state index is 14.1. The SMILES string of the molecule is CCOc1nc(C)c2nc(-c3cncc(F)c3)n(Cc3ccc(C4CN5CCC4CC5)nc3C#N)c2n1. The first-order valence-corrected chi connectivity index (χ1v) is 12.6. The minimum atomic E-state index is -0.463. The molecule has 0 amide bonds. The number of ether oxygens (including phenoxy) is 1. The van der Waals surface area contributed by atoms with Crippen LogP contribution in [0, 0.1) is 30.0 Å². The lowest BCUT2D eigenvalue weighted by Crippen LogP contribution is -2.46. The second kappa shape index (κ2) is 9.48. The number of piperidine rings is 3. The molecule has 0 aromatic carbocycles.